The second kappa shape index (κ2) is 8.26. The van der Waals surface area contributed by atoms with Gasteiger partial charge in [0.2, 0.25) is 5.91 Å². The molecule has 26 heavy (non-hydrogen) atoms. The van der Waals surface area contributed by atoms with E-state index in [9.17, 15) is 14.0 Å². The van der Waals surface area contributed by atoms with Gasteiger partial charge in [0.15, 0.2) is 5.78 Å². The Morgan fingerprint density at radius 1 is 0.962 bits per heavy atom. The predicted octanol–water partition coefficient (Wildman–Crippen LogP) is 4.33. The summed E-state index contributed by atoms with van der Waals surface area (Å²) in [6, 6.07) is 12.0. The summed E-state index contributed by atoms with van der Waals surface area (Å²) in [5, 5.41) is 0. The highest BCUT2D eigenvalue weighted by Crippen LogP contribution is 2.23. The van der Waals surface area contributed by atoms with Crippen LogP contribution < -0.4 is 0 Å². The number of benzene rings is 2. The van der Waals surface area contributed by atoms with Gasteiger partial charge in [-0.1, -0.05) is 24.3 Å². The minimum absolute atomic E-state index is 0.0157. The van der Waals surface area contributed by atoms with Crippen LogP contribution >= 0.6 is 0 Å². The number of amides is 1. The number of hydrogen-bond acceptors (Lipinski definition) is 2. The third-order valence-electron chi connectivity index (χ3n) is 5.00. The second-order valence-corrected chi connectivity index (χ2v) is 6.99. The summed E-state index contributed by atoms with van der Waals surface area (Å²) in [5.41, 5.74) is 4.20. The van der Waals surface area contributed by atoms with Crippen molar-refractivity contribution < 1.29 is 14.0 Å². The molecule has 4 heteroatoms. The molecule has 0 spiro atoms. The first kappa shape index (κ1) is 18.3. The summed E-state index contributed by atoms with van der Waals surface area (Å²) >= 11 is 0. The van der Waals surface area contributed by atoms with E-state index in [0.29, 0.717) is 12.1 Å². The van der Waals surface area contributed by atoms with E-state index < -0.39 is 0 Å². The molecule has 0 fully saturated rings. The highest BCUT2D eigenvalue weighted by molar-refractivity contribution is 5.98. The third-order valence-corrected chi connectivity index (χ3v) is 5.00. The number of Topliss-reactive ketones (excluding diaryl/α,β-unsaturated/α-hetero) is 1. The van der Waals surface area contributed by atoms with E-state index in [2.05, 4.69) is 6.07 Å². The van der Waals surface area contributed by atoms with Crippen molar-refractivity contribution >= 4 is 11.7 Å². The number of aryl methyl sites for hydroxylation is 2. The maximum Gasteiger partial charge on any atom is 0.223 e. The van der Waals surface area contributed by atoms with Crippen molar-refractivity contribution in [1.29, 1.82) is 0 Å². The fourth-order valence-corrected chi connectivity index (χ4v) is 3.41. The second-order valence-electron chi connectivity index (χ2n) is 6.99. The zero-order valence-corrected chi connectivity index (χ0v) is 15.1. The van der Waals surface area contributed by atoms with Gasteiger partial charge in [-0.25, -0.2) is 4.39 Å². The molecule has 0 saturated heterocycles. The van der Waals surface area contributed by atoms with E-state index in [0.717, 1.165) is 18.4 Å². The van der Waals surface area contributed by atoms with Crippen molar-refractivity contribution in [2.24, 2.45) is 0 Å². The standard InChI is InChI=1S/C22H24FNO2/c1-24(15-16-6-10-20(23)11-7-16)22(26)13-12-21(25)19-9-8-17-4-2-3-5-18(17)14-19/h6-11,14H,2-5,12-13,15H2,1H3. The van der Waals surface area contributed by atoms with Gasteiger partial charge in [-0.15, -0.1) is 0 Å². The normalized spacial score (nSPS) is 13.2. The van der Waals surface area contributed by atoms with E-state index >= 15 is 0 Å². The van der Waals surface area contributed by atoms with Gasteiger partial charge >= 0.3 is 0 Å². The number of rotatable bonds is 6. The van der Waals surface area contributed by atoms with Crippen LogP contribution in [0.4, 0.5) is 4.39 Å². The molecule has 0 aromatic heterocycles. The van der Waals surface area contributed by atoms with Gasteiger partial charge in [0, 0.05) is 32.0 Å². The third kappa shape index (κ3) is 4.57. The van der Waals surface area contributed by atoms with Gasteiger partial charge in [-0.05, 0) is 60.6 Å². The molecule has 0 N–H and O–H groups in total. The lowest BCUT2D eigenvalue weighted by Crippen LogP contribution is -2.26. The van der Waals surface area contributed by atoms with Crippen LogP contribution in [-0.2, 0) is 24.2 Å². The Bertz CT molecular complexity index is 798. The lowest BCUT2D eigenvalue weighted by Gasteiger charge is -2.18. The Morgan fingerprint density at radius 3 is 2.38 bits per heavy atom. The predicted molar refractivity (Wildman–Crippen MR) is 99.5 cm³/mol. The molecule has 1 aliphatic rings. The maximum atomic E-state index is 12.9. The molecule has 2 aromatic carbocycles. The molecule has 0 heterocycles. The monoisotopic (exact) mass is 353 g/mol. The molecule has 1 amide bonds. The van der Waals surface area contributed by atoms with Crippen LogP contribution in [0.1, 0.15) is 52.7 Å². The molecule has 0 bridgehead atoms. The van der Waals surface area contributed by atoms with Crippen molar-refractivity contribution in [2.75, 3.05) is 7.05 Å². The molecule has 3 rings (SSSR count). The number of carbonyl (C=O) groups is 2. The molecular formula is C22H24FNO2. The summed E-state index contributed by atoms with van der Waals surface area (Å²) in [6.45, 7) is 0.409. The first-order valence-electron chi connectivity index (χ1n) is 9.16. The van der Waals surface area contributed by atoms with E-state index in [1.165, 1.54) is 36.1 Å². The van der Waals surface area contributed by atoms with Gasteiger partial charge < -0.3 is 4.90 Å². The van der Waals surface area contributed by atoms with Crippen LogP contribution in [-0.4, -0.2) is 23.6 Å². The smallest absolute Gasteiger partial charge is 0.223 e. The Balaban J connectivity index is 1.53. The fraction of sp³-hybridized carbons (Fsp3) is 0.364. The first-order valence-corrected chi connectivity index (χ1v) is 9.16. The molecule has 1 aliphatic carbocycles. The number of hydrogen-bond donors (Lipinski definition) is 0. The Morgan fingerprint density at radius 2 is 1.65 bits per heavy atom. The van der Waals surface area contributed by atoms with Crippen LogP contribution in [0.25, 0.3) is 0 Å². The maximum absolute atomic E-state index is 12.9. The quantitative estimate of drug-likeness (QED) is 0.725. The van der Waals surface area contributed by atoms with Gasteiger partial charge in [-0.3, -0.25) is 9.59 Å². The van der Waals surface area contributed by atoms with E-state index in [1.54, 1.807) is 24.1 Å². The van der Waals surface area contributed by atoms with Crippen molar-refractivity contribution in [3.8, 4) is 0 Å². The van der Waals surface area contributed by atoms with Crippen molar-refractivity contribution in [3.05, 3.63) is 70.5 Å². The Labute approximate surface area is 153 Å². The molecule has 0 radical (unpaired) electrons. The van der Waals surface area contributed by atoms with E-state index in [4.69, 9.17) is 0 Å². The van der Waals surface area contributed by atoms with Crippen molar-refractivity contribution in [3.63, 3.8) is 0 Å². The highest BCUT2D eigenvalue weighted by atomic mass is 19.1. The van der Waals surface area contributed by atoms with E-state index in [1.807, 2.05) is 12.1 Å². The van der Waals surface area contributed by atoms with Crippen LogP contribution in [0.2, 0.25) is 0 Å². The summed E-state index contributed by atoms with van der Waals surface area (Å²) in [5.74, 6) is -0.360. The summed E-state index contributed by atoms with van der Waals surface area (Å²) < 4.78 is 12.9. The number of halogens is 1. The fourth-order valence-electron chi connectivity index (χ4n) is 3.41. The lowest BCUT2D eigenvalue weighted by atomic mass is 9.89. The largest absolute Gasteiger partial charge is 0.341 e. The van der Waals surface area contributed by atoms with Crippen LogP contribution in [0, 0.1) is 5.82 Å². The Kier molecular flexibility index (Phi) is 5.82. The van der Waals surface area contributed by atoms with Crippen LogP contribution in [0.5, 0.6) is 0 Å². The summed E-state index contributed by atoms with van der Waals surface area (Å²) in [4.78, 5) is 26.3. The van der Waals surface area contributed by atoms with Crippen molar-refractivity contribution in [1.82, 2.24) is 4.90 Å². The van der Waals surface area contributed by atoms with Crippen LogP contribution in [0.3, 0.4) is 0 Å². The molecule has 0 unspecified atom stereocenters. The summed E-state index contributed by atoms with van der Waals surface area (Å²) in [6.07, 6.45) is 4.93. The molecule has 0 atom stereocenters. The average Bonchev–Trinajstić information content (AvgIpc) is 2.67. The van der Waals surface area contributed by atoms with E-state index in [-0.39, 0.29) is 30.3 Å². The zero-order chi connectivity index (χ0) is 18.5. The molecule has 136 valence electrons. The molecular weight excluding hydrogens is 329 g/mol. The molecule has 0 aliphatic heterocycles. The van der Waals surface area contributed by atoms with Gasteiger partial charge in [0.05, 0.1) is 0 Å². The SMILES string of the molecule is CN(Cc1ccc(F)cc1)C(=O)CCC(=O)c1ccc2c(c1)CCCC2. The number of ketones is 1. The zero-order valence-electron chi connectivity index (χ0n) is 15.1. The molecule has 0 saturated carbocycles. The Hall–Kier alpha value is -2.49. The van der Waals surface area contributed by atoms with Gasteiger partial charge in [-0.2, -0.15) is 0 Å². The minimum atomic E-state index is -0.293. The van der Waals surface area contributed by atoms with Gasteiger partial charge in [0.1, 0.15) is 5.82 Å². The molecule has 2 aromatic rings. The van der Waals surface area contributed by atoms with Gasteiger partial charge in [0.25, 0.3) is 0 Å². The highest BCUT2D eigenvalue weighted by Gasteiger charge is 2.15. The average molecular weight is 353 g/mol. The molecule has 3 nitrogen and oxygen atoms in total. The van der Waals surface area contributed by atoms with Crippen molar-refractivity contribution in [2.45, 2.75) is 45.1 Å². The van der Waals surface area contributed by atoms with Crippen LogP contribution in [0.15, 0.2) is 42.5 Å². The number of carbonyl (C=O) groups excluding carboxylic acids is 2. The topological polar surface area (TPSA) is 37.4 Å². The number of nitrogens with zero attached hydrogens (tertiary/aromatic N) is 1. The summed E-state index contributed by atoms with van der Waals surface area (Å²) in [7, 11) is 1.70. The first-order chi connectivity index (χ1) is 12.5. The number of fused-ring (bicyclic) bond motifs is 1. The lowest BCUT2D eigenvalue weighted by molar-refractivity contribution is -0.130. The minimum Gasteiger partial charge on any atom is -0.341 e.